The average molecular weight is 859 g/mol. The maximum atomic E-state index is 6.63. The van der Waals surface area contributed by atoms with E-state index in [4.69, 9.17) is 56.8 Å². The minimum atomic E-state index is 0.00659. The Kier molecular flexibility index (Phi) is 15.9. The van der Waals surface area contributed by atoms with E-state index in [-0.39, 0.29) is 60.0 Å². The van der Waals surface area contributed by atoms with E-state index in [1.807, 2.05) is 72.8 Å². The van der Waals surface area contributed by atoms with Crippen LogP contribution in [0.15, 0.2) is 109 Å². The summed E-state index contributed by atoms with van der Waals surface area (Å²) in [7, 11) is 9.75. The zero-order valence-corrected chi connectivity index (χ0v) is 36.7. The molecule has 0 amide bonds. The van der Waals surface area contributed by atoms with Gasteiger partial charge < -0.3 is 56.8 Å². The molecule has 6 aromatic carbocycles. The van der Waals surface area contributed by atoms with Crippen LogP contribution >= 0.6 is 0 Å². The van der Waals surface area contributed by atoms with E-state index in [1.165, 1.54) is 0 Å². The molecule has 0 atom stereocenters. The number of methoxy groups -OCH3 is 6. The van der Waals surface area contributed by atoms with Gasteiger partial charge in [-0.15, -0.1) is 0 Å². The molecular weight excluding hydrogens is 805 g/mol. The molecule has 0 unspecified atom stereocenters. The summed E-state index contributed by atoms with van der Waals surface area (Å²) in [4.78, 5) is 0. The maximum absolute atomic E-state index is 6.63. The van der Waals surface area contributed by atoms with Gasteiger partial charge in [-0.1, -0.05) is 54.6 Å². The van der Waals surface area contributed by atoms with Crippen molar-refractivity contribution in [3.8, 4) is 67.9 Å². The fourth-order valence-electron chi connectivity index (χ4n) is 7.74. The van der Waals surface area contributed by atoms with Crippen molar-refractivity contribution in [2.24, 2.45) is 0 Å². The van der Waals surface area contributed by atoms with Crippen LogP contribution in [0.3, 0.4) is 0 Å². The van der Waals surface area contributed by atoms with Crippen molar-refractivity contribution in [2.75, 3.05) is 63.0 Å². The first-order valence-electron chi connectivity index (χ1n) is 20.5. The normalized spacial score (nSPS) is 13.0. The molecule has 12 nitrogen and oxygen atoms in total. The second kappa shape index (κ2) is 22.3. The Morgan fingerprint density at radius 1 is 0.349 bits per heavy atom. The van der Waals surface area contributed by atoms with Gasteiger partial charge in [-0.05, 0) is 71.3 Å². The van der Waals surface area contributed by atoms with Gasteiger partial charge in [-0.2, -0.15) is 0 Å². The van der Waals surface area contributed by atoms with E-state index < -0.39 is 0 Å². The molecule has 0 aliphatic carbocycles. The van der Waals surface area contributed by atoms with E-state index in [1.54, 1.807) is 42.7 Å². The predicted octanol–water partition coefficient (Wildman–Crippen LogP) is 10.1. The lowest BCUT2D eigenvalue weighted by molar-refractivity contribution is 0.0365. The van der Waals surface area contributed by atoms with Crippen LogP contribution in [0.5, 0.6) is 34.5 Å². The smallest absolute Gasteiger partial charge is 0.188 e. The van der Waals surface area contributed by atoms with Gasteiger partial charge >= 0.3 is 0 Å². The third-order valence-electron chi connectivity index (χ3n) is 10.5. The topological polar surface area (TPSA) is 111 Å². The first-order chi connectivity index (χ1) is 31.0. The summed E-state index contributed by atoms with van der Waals surface area (Å²) in [5, 5.41) is 0. The largest absolute Gasteiger partial charge is 0.496 e. The van der Waals surface area contributed by atoms with Crippen LogP contribution in [0.1, 0.15) is 33.4 Å². The molecule has 0 radical (unpaired) electrons. The number of hydrogen-bond acceptors (Lipinski definition) is 12. The molecule has 330 valence electrons. The Morgan fingerprint density at radius 3 is 0.810 bits per heavy atom. The molecule has 0 aromatic heterocycles. The van der Waals surface area contributed by atoms with Crippen LogP contribution in [0, 0.1) is 0 Å². The van der Waals surface area contributed by atoms with Gasteiger partial charge in [0.05, 0.1) is 61.0 Å². The lowest BCUT2D eigenvalue weighted by Crippen LogP contribution is -2.11. The summed E-state index contributed by atoms with van der Waals surface area (Å²) in [6.07, 6.45) is 0. The highest BCUT2D eigenvalue weighted by molar-refractivity contribution is 5.75. The minimum Gasteiger partial charge on any atom is -0.496 e. The number of fused-ring (bicyclic) bond motifs is 6. The molecule has 0 saturated carbocycles. The molecular formula is C51H54O12. The Labute approximate surface area is 369 Å². The summed E-state index contributed by atoms with van der Waals surface area (Å²) >= 11 is 0. The Bertz CT molecular complexity index is 2100. The Hall–Kier alpha value is -6.12. The first kappa shape index (κ1) is 44.9. The average Bonchev–Trinajstić information content (AvgIpc) is 3.32. The standard InChI is InChI=1S/C51H54O12/c1-52-31-61-49-37-19-34(43-13-7-10-16-46(43)55-4)20-38(49)26-59-28-40-22-36(45-15-9-12-18-48(45)57-6)24-42(51(40)63-33-54-3)30-60-29-41-23-35(44-14-8-11-17-47(44)56-5)21-39(27-58-25-37)50(41)62-32-53-2/h7-24H,25-33H2,1-6H3. The van der Waals surface area contributed by atoms with Crippen LogP contribution in [0.2, 0.25) is 0 Å². The number of benzene rings is 6. The van der Waals surface area contributed by atoms with Crippen LogP contribution < -0.4 is 28.4 Å². The van der Waals surface area contributed by atoms with Crippen LogP contribution in [0.4, 0.5) is 0 Å². The number of hydrogen-bond donors (Lipinski definition) is 0. The molecule has 7 rings (SSSR count). The Morgan fingerprint density at radius 2 is 0.587 bits per heavy atom. The number of ether oxygens (including phenoxy) is 12. The number of para-hydroxylation sites is 3. The summed E-state index contributed by atoms with van der Waals surface area (Å²) in [6, 6.07) is 36.0. The quantitative estimate of drug-likeness (QED) is 0.0917. The predicted molar refractivity (Wildman–Crippen MR) is 238 cm³/mol. The third kappa shape index (κ3) is 10.7. The molecule has 6 aromatic rings. The van der Waals surface area contributed by atoms with E-state index in [0.29, 0.717) is 17.2 Å². The molecule has 6 bridgehead atoms. The van der Waals surface area contributed by atoms with Gasteiger partial charge in [-0.3, -0.25) is 0 Å². The second-order valence-corrected chi connectivity index (χ2v) is 14.6. The zero-order chi connectivity index (χ0) is 44.0. The minimum absolute atomic E-state index is 0.00659. The molecule has 0 spiro atoms. The van der Waals surface area contributed by atoms with Crippen molar-refractivity contribution in [2.45, 2.75) is 39.6 Å². The van der Waals surface area contributed by atoms with Crippen LogP contribution in [-0.4, -0.2) is 63.0 Å². The van der Waals surface area contributed by atoms with Gasteiger partial charge in [0, 0.05) is 71.4 Å². The third-order valence-corrected chi connectivity index (χ3v) is 10.5. The molecule has 1 heterocycles. The molecule has 12 heteroatoms. The summed E-state index contributed by atoms with van der Waals surface area (Å²) in [5.74, 6) is 3.93. The highest BCUT2D eigenvalue weighted by atomic mass is 16.7. The van der Waals surface area contributed by atoms with E-state index in [0.717, 1.165) is 84.0 Å². The lowest BCUT2D eigenvalue weighted by atomic mass is 9.97. The van der Waals surface area contributed by atoms with Gasteiger partial charge in [0.1, 0.15) is 34.5 Å². The summed E-state index contributed by atoms with van der Waals surface area (Å²) in [5.41, 5.74) is 10.1. The second-order valence-electron chi connectivity index (χ2n) is 14.6. The fourth-order valence-corrected chi connectivity index (χ4v) is 7.74. The molecule has 63 heavy (non-hydrogen) atoms. The van der Waals surface area contributed by atoms with E-state index in [9.17, 15) is 0 Å². The summed E-state index contributed by atoms with van der Waals surface area (Å²) < 4.78 is 72.7. The Balaban J connectivity index is 1.43. The molecule has 0 N–H and O–H groups in total. The monoisotopic (exact) mass is 858 g/mol. The van der Waals surface area contributed by atoms with Crippen molar-refractivity contribution in [1.29, 1.82) is 0 Å². The maximum Gasteiger partial charge on any atom is 0.188 e. The van der Waals surface area contributed by atoms with Crippen molar-refractivity contribution in [1.82, 2.24) is 0 Å². The van der Waals surface area contributed by atoms with Gasteiger partial charge in [0.25, 0.3) is 0 Å². The van der Waals surface area contributed by atoms with Crippen molar-refractivity contribution in [3.05, 3.63) is 143 Å². The molecule has 0 saturated heterocycles. The summed E-state index contributed by atoms with van der Waals surface area (Å²) in [6.45, 7) is 1.04. The highest BCUT2D eigenvalue weighted by Gasteiger charge is 2.22. The highest BCUT2D eigenvalue weighted by Crippen LogP contribution is 2.41. The van der Waals surface area contributed by atoms with Crippen molar-refractivity contribution < 1.29 is 56.8 Å². The van der Waals surface area contributed by atoms with Gasteiger partial charge in [0.2, 0.25) is 0 Å². The molecule has 1 aliphatic heterocycles. The van der Waals surface area contributed by atoms with Crippen molar-refractivity contribution in [3.63, 3.8) is 0 Å². The van der Waals surface area contributed by atoms with Gasteiger partial charge in [-0.25, -0.2) is 0 Å². The van der Waals surface area contributed by atoms with Crippen molar-refractivity contribution >= 4 is 0 Å². The van der Waals surface area contributed by atoms with E-state index in [2.05, 4.69) is 36.4 Å². The molecule has 1 aliphatic rings. The zero-order valence-electron chi connectivity index (χ0n) is 36.7. The van der Waals surface area contributed by atoms with Crippen LogP contribution in [-0.2, 0) is 68.1 Å². The molecule has 0 fully saturated rings. The van der Waals surface area contributed by atoms with Gasteiger partial charge in [0.15, 0.2) is 20.4 Å². The van der Waals surface area contributed by atoms with Crippen LogP contribution in [0.25, 0.3) is 33.4 Å². The SMILES string of the molecule is COCOc1c2cc(-c3ccccc3OC)cc1COCc1cc(-c3ccccc3OC)cc(c1OCOC)COCc1cc(-c3ccccc3OC)cc(c1OCOC)COC2. The first-order valence-corrected chi connectivity index (χ1v) is 20.5. The fraction of sp³-hybridized carbons (Fsp3) is 0.294. The van der Waals surface area contributed by atoms with E-state index >= 15 is 0 Å². The number of rotatable bonds is 15. The lowest BCUT2D eigenvalue weighted by Gasteiger charge is -2.22.